The first-order chi connectivity index (χ1) is 8.28. The van der Waals surface area contributed by atoms with Crippen LogP contribution in [0.15, 0.2) is 17.4 Å². The summed E-state index contributed by atoms with van der Waals surface area (Å²) in [6, 6.07) is 2.38. The van der Waals surface area contributed by atoms with Gasteiger partial charge in [0.2, 0.25) is 0 Å². The number of rotatable bonds is 4. The molecule has 2 rings (SSSR count). The fourth-order valence-electron chi connectivity index (χ4n) is 2.31. The molecule has 5 heteroatoms. The zero-order valence-electron chi connectivity index (χ0n) is 10.2. The van der Waals surface area contributed by atoms with Crippen LogP contribution in [0.25, 0.3) is 0 Å². The van der Waals surface area contributed by atoms with Crippen molar-refractivity contribution in [2.45, 2.75) is 36.8 Å². The maximum absolute atomic E-state index is 5.98. The van der Waals surface area contributed by atoms with Crippen molar-refractivity contribution < 1.29 is 0 Å². The van der Waals surface area contributed by atoms with Gasteiger partial charge in [-0.3, -0.25) is 0 Å². The van der Waals surface area contributed by atoms with Crippen LogP contribution in [-0.2, 0) is 0 Å². The summed E-state index contributed by atoms with van der Waals surface area (Å²) >= 11 is 1.63. The highest BCUT2D eigenvalue weighted by atomic mass is 32.2. The van der Waals surface area contributed by atoms with E-state index in [1.165, 1.54) is 19.3 Å². The molecule has 17 heavy (non-hydrogen) atoms. The number of nitrogens with zero attached hydrogens (tertiary/aromatic N) is 2. The number of aromatic nitrogens is 2. The van der Waals surface area contributed by atoms with Gasteiger partial charge >= 0.3 is 0 Å². The Morgan fingerprint density at radius 1 is 1.47 bits per heavy atom. The molecule has 0 aromatic carbocycles. The summed E-state index contributed by atoms with van der Waals surface area (Å²) in [4.78, 5) is 8.38. The Bertz CT molecular complexity index is 358. The first-order valence-electron chi connectivity index (χ1n) is 6.13. The van der Waals surface area contributed by atoms with Crippen molar-refractivity contribution in [3.63, 3.8) is 0 Å². The molecule has 0 spiro atoms. The summed E-state index contributed by atoms with van der Waals surface area (Å²) in [6.07, 6.45) is 8.48. The second-order valence-corrected chi connectivity index (χ2v) is 5.45. The zero-order chi connectivity index (χ0) is 12.1. The van der Waals surface area contributed by atoms with Gasteiger partial charge in [-0.05, 0) is 31.4 Å². The Morgan fingerprint density at radius 2 is 2.35 bits per heavy atom. The predicted octanol–water partition coefficient (Wildman–Crippen LogP) is 2.13. The van der Waals surface area contributed by atoms with Crippen molar-refractivity contribution in [2.24, 2.45) is 11.7 Å². The van der Waals surface area contributed by atoms with Gasteiger partial charge in [0.1, 0.15) is 17.2 Å². The average Bonchev–Trinajstić information content (AvgIpc) is 2.37. The first kappa shape index (κ1) is 12.6. The molecule has 1 heterocycles. The maximum atomic E-state index is 5.98. The fraction of sp³-hybridized carbons (Fsp3) is 0.667. The molecular weight excluding hydrogens is 232 g/mol. The van der Waals surface area contributed by atoms with Gasteiger partial charge in [-0.2, -0.15) is 0 Å². The molecule has 0 aliphatic heterocycles. The molecule has 0 bridgehead atoms. The third kappa shape index (κ3) is 3.85. The monoisotopic (exact) mass is 252 g/mol. The molecule has 94 valence electrons. The summed E-state index contributed by atoms with van der Waals surface area (Å²) < 4.78 is 0. The first-order valence-corrected chi connectivity index (χ1v) is 7.36. The molecule has 0 radical (unpaired) electrons. The summed E-state index contributed by atoms with van der Waals surface area (Å²) in [5, 5.41) is 4.39. The molecule has 0 amide bonds. The van der Waals surface area contributed by atoms with Crippen molar-refractivity contribution in [3.05, 3.63) is 12.4 Å². The van der Waals surface area contributed by atoms with Crippen LogP contribution in [0.4, 0.5) is 5.82 Å². The quantitative estimate of drug-likeness (QED) is 0.635. The van der Waals surface area contributed by atoms with E-state index < -0.39 is 0 Å². The lowest BCUT2D eigenvalue weighted by atomic mass is 9.86. The number of nitrogens with one attached hydrogen (secondary N) is 1. The lowest BCUT2D eigenvalue weighted by molar-refractivity contribution is 0.335. The Hall–Kier alpha value is -0.810. The molecule has 2 unspecified atom stereocenters. The summed E-state index contributed by atoms with van der Waals surface area (Å²) in [6.45, 7) is 0.971. The third-order valence-electron chi connectivity index (χ3n) is 3.25. The highest BCUT2D eigenvalue weighted by molar-refractivity contribution is 7.98. The van der Waals surface area contributed by atoms with E-state index in [1.807, 2.05) is 12.3 Å². The van der Waals surface area contributed by atoms with Crippen LogP contribution in [0.5, 0.6) is 0 Å². The van der Waals surface area contributed by atoms with Crippen LogP contribution in [0.2, 0.25) is 0 Å². The van der Waals surface area contributed by atoms with E-state index in [0.29, 0.717) is 12.0 Å². The largest absolute Gasteiger partial charge is 0.370 e. The molecule has 4 nitrogen and oxygen atoms in total. The van der Waals surface area contributed by atoms with Crippen LogP contribution in [0.1, 0.15) is 25.7 Å². The van der Waals surface area contributed by atoms with Gasteiger partial charge in [-0.25, -0.2) is 9.97 Å². The lowest BCUT2D eigenvalue weighted by Crippen LogP contribution is -2.31. The molecule has 1 saturated carbocycles. The molecule has 1 aliphatic rings. The van der Waals surface area contributed by atoms with E-state index >= 15 is 0 Å². The second-order valence-electron chi connectivity index (χ2n) is 4.62. The summed E-state index contributed by atoms with van der Waals surface area (Å²) in [7, 11) is 0. The highest BCUT2D eigenvalue weighted by Gasteiger charge is 2.18. The average molecular weight is 252 g/mol. The van der Waals surface area contributed by atoms with E-state index in [2.05, 4.69) is 15.3 Å². The highest BCUT2D eigenvalue weighted by Crippen LogP contribution is 2.23. The minimum atomic E-state index is 0.391. The molecule has 1 aromatic rings. The third-order valence-corrected chi connectivity index (χ3v) is 3.89. The smallest absolute Gasteiger partial charge is 0.130 e. The standard InChI is InChI=1S/C12H20N4S/c1-17-12-6-11(15-8-16-12)14-7-9-3-2-4-10(13)5-9/h6,8-10H,2-5,7,13H2,1H3,(H,14,15,16). The van der Waals surface area contributed by atoms with Crippen molar-refractivity contribution in [1.29, 1.82) is 0 Å². The van der Waals surface area contributed by atoms with Gasteiger partial charge in [0, 0.05) is 18.7 Å². The molecular formula is C12H20N4S. The number of anilines is 1. The number of hydrogen-bond donors (Lipinski definition) is 2. The SMILES string of the molecule is CSc1cc(NCC2CCCC(N)C2)ncn1. The Balaban J connectivity index is 1.84. The minimum Gasteiger partial charge on any atom is -0.370 e. The van der Waals surface area contributed by atoms with Crippen molar-refractivity contribution in [3.8, 4) is 0 Å². The lowest BCUT2D eigenvalue weighted by Gasteiger charge is -2.26. The molecule has 1 aliphatic carbocycles. The van der Waals surface area contributed by atoms with Gasteiger partial charge in [0.25, 0.3) is 0 Å². The van der Waals surface area contributed by atoms with Crippen molar-refractivity contribution in [2.75, 3.05) is 18.1 Å². The van der Waals surface area contributed by atoms with E-state index in [4.69, 9.17) is 5.73 Å². The van der Waals surface area contributed by atoms with E-state index in [1.54, 1.807) is 18.1 Å². The van der Waals surface area contributed by atoms with Crippen LogP contribution in [0.3, 0.4) is 0 Å². The van der Waals surface area contributed by atoms with Crippen LogP contribution >= 0.6 is 11.8 Å². The number of thioether (sulfide) groups is 1. The predicted molar refractivity (Wildman–Crippen MR) is 72.2 cm³/mol. The van der Waals surface area contributed by atoms with Gasteiger partial charge in [0.15, 0.2) is 0 Å². The van der Waals surface area contributed by atoms with E-state index in [0.717, 1.165) is 23.8 Å². The van der Waals surface area contributed by atoms with Gasteiger partial charge in [-0.1, -0.05) is 6.42 Å². The van der Waals surface area contributed by atoms with Gasteiger partial charge in [0.05, 0.1) is 0 Å². The molecule has 0 saturated heterocycles. The Labute approximate surface area is 107 Å². The van der Waals surface area contributed by atoms with Crippen molar-refractivity contribution in [1.82, 2.24) is 9.97 Å². The normalized spacial score (nSPS) is 24.6. The Kier molecular flexibility index (Phi) is 4.62. The summed E-state index contributed by atoms with van der Waals surface area (Å²) in [5.41, 5.74) is 5.98. The second kappa shape index (κ2) is 6.21. The number of hydrogen-bond acceptors (Lipinski definition) is 5. The van der Waals surface area contributed by atoms with E-state index in [9.17, 15) is 0 Å². The zero-order valence-corrected chi connectivity index (χ0v) is 11.0. The van der Waals surface area contributed by atoms with Crippen LogP contribution in [-0.4, -0.2) is 28.8 Å². The van der Waals surface area contributed by atoms with E-state index in [-0.39, 0.29) is 0 Å². The molecule has 3 N–H and O–H groups in total. The minimum absolute atomic E-state index is 0.391. The topological polar surface area (TPSA) is 63.8 Å². The molecule has 1 aromatic heterocycles. The molecule has 2 atom stereocenters. The van der Waals surface area contributed by atoms with Gasteiger partial charge in [-0.15, -0.1) is 11.8 Å². The van der Waals surface area contributed by atoms with Crippen LogP contribution in [0, 0.1) is 5.92 Å². The van der Waals surface area contributed by atoms with Gasteiger partial charge < -0.3 is 11.1 Å². The van der Waals surface area contributed by atoms with Crippen LogP contribution < -0.4 is 11.1 Å². The fourth-order valence-corrected chi connectivity index (χ4v) is 2.70. The Morgan fingerprint density at radius 3 is 3.12 bits per heavy atom. The summed E-state index contributed by atoms with van der Waals surface area (Å²) in [5.74, 6) is 1.61. The number of nitrogens with two attached hydrogens (primary N) is 1. The molecule has 1 fully saturated rings. The van der Waals surface area contributed by atoms with Crippen molar-refractivity contribution >= 4 is 17.6 Å². The maximum Gasteiger partial charge on any atom is 0.130 e.